The van der Waals surface area contributed by atoms with Crippen LogP contribution in [0.15, 0.2) is 12.2 Å². The molecule has 1 heteroatoms. The first-order chi connectivity index (χ1) is 6.31. The molecule has 0 amide bonds. The lowest BCUT2D eigenvalue weighted by molar-refractivity contribution is 0.208. The van der Waals surface area contributed by atoms with Gasteiger partial charge in [0.25, 0.3) is 0 Å². The molecule has 0 aromatic carbocycles. The minimum absolute atomic E-state index is 0.224. The molecule has 0 spiro atoms. The van der Waals surface area contributed by atoms with Crippen molar-refractivity contribution in [2.24, 2.45) is 0 Å². The number of allylic oxidation sites excluding steroid dienone is 1. The molecule has 0 saturated carbocycles. The fraction of sp³-hybridized carbons (Fsp3) is 0.750. The summed E-state index contributed by atoms with van der Waals surface area (Å²) in [6.07, 6.45) is 11.7. The summed E-state index contributed by atoms with van der Waals surface area (Å²) in [4.78, 5) is 0. The van der Waals surface area contributed by atoms with Gasteiger partial charge in [-0.15, -0.1) is 0 Å². The first-order valence-corrected chi connectivity index (χ1v) is 5.41. The van der Waals surface area contributed by atoms with Gasteiger partial charge in [0.15, 0.2) is 0 Å². The number of aliphatic hydroxyl groups is 1. The van der Waals surface area contributed by atoms with Crippen molar-refractivity contribution in [2.75, 3.05) is 0 Å². The number of aliphatic hydroxyl groups excluding tert-OH is 1. The number of hydrogen-bond donors (Lipinski definition) is 1. The van der Waals surface area contributed by atoms with Crippen molar-refractivity contribution in [1.82, 2.24) is 0 Å². The Hall–Kier alpha value is -0.300. The molecule has 0 aliphatic rings. The Kier molecular flexibility index (Phi) is 9.56. The lowest BCUT2D eigenvalue weighted by Gasteiger charge is -2.04. The van der Waals surface area contributed by atoms with E-state index < -0.39 is 0 Å². The van der Waals surface area contributed by atoms with Gasteiger partial charge in [0.2, 0.25) is 0 Å². The molecule has 0 saturated heterocycles. The lowest BCUT2D eigenvalue weighted by Crippen LogP contribution is -2.00. The molecule has 0 bridgehead atoms. The molecular formula is C12H23O. The fourth-order valence-electron chi connectivity index (χ4n) is 1.38. The zero-order valence-electron chi connectivity index (χ0n) is 8.84. The molecule has 1 nitrogen and oxygen atoms in total. The van der Waals surface area contributed by atoms with Gasteiger partial charge in [0, 0.05) is 0 Å². The normalized spacial score (nSPS) is 13.8. The Bertz CT molecular complexity index is 118. The highest BCUT2D eigenvalue weighted by molar-refractivity contribution is 4.84. The van der Waals surface area contributed by atoms with Crippen molar-refractivity contribution >= 4 is 0 Å². The van der Waals surface area contributed by atoms with E-state index in [1.54, 1.807) is 0 Å². The van der Waals surface area contributed by atoms with E-state index in [1.807, 2.05) is 19.1 Å². The summed E-state index contributed by atoms with van der Waals surface area (Å²) in [7, 11) is 0. The first kappa shape index (κ1) is 12.7. The Morgan fingerprint density at radius 1 is 1.15 bits per heavy atom. The van der Waals surface area contributed by atoms with Gasteiger partial charge in [-0.3, -0.25) is 0 Å². The van der Waals surface area contributed by atoms with Gasteiger partial charge >= 0.3 is 0 Å². The van der Waals surface area contributed by atoms with Crippen molar-refractivity contribution in [2.45, 2.75) is 58.0 Å². The maximum Gasteiger partial charge on any atom is 0.0720 e. The van der Waals surface area contributed by atoms with E-state index in [-0.39, 0.29) is 6.10 Å². The standard InChI is InChI=1S/C12H23O/c1-3-5-6-7-8-9-11-12(13)10-4-2/h4,10,12-13H,1,3,5-9,11H2,2H3. The van der Waals surface area contributed by atoms with E-state index >= 15 is 0 Å². The number of unbranched alkanes of at least 4 members (excludes halogenated alkanes) is 5. The van der Waals surface area contributed by atoms with Crippen LogP contribution >= 0.6 is 0 Å². The van der Waals surface area contributed by atoms with Crippen molar-refractivity contribution < 1.29 is 5.11 Å². The van der Waals surface area contributed by atoms with Gasteiger partial charge in [-0.05, 0) is 13.3 Å². The van der Waals surface area contributed by atoms with Gasteiger partial charge in [0.05, 0.1) is 6.10 Å². The van der Waals surface area contributed by atoms with Crippen LogP contribution in [0.4, 0.5) is 0 Å². The Morgan fingerprint density at radius 3 is 2.38 bits per heavy atom. The SMILES string of the molecule is [CH2]CCCCCCCC(O)C=CC. The van der Waals surface area contributed by atoms with Crippen LogP contribution in [-0.4, -0.2) is 11.2 Å². The predicted molar refractivity (Wildman–Crippen MR) is 58.5 cm³/mol. The highest BCUT2D eigenvalue weighted by Crippen LogP contribution is 2.08. The van der Waals surface area contributed by atoms with Crippen LogP contribution in [0.5, 0.6) is 0 Å². The summed E-state index contributed by atoms with van der Waals surface area (Å²) >= 11 is 0. The van der Waals surface area contributed by atoms with E-state index in [0.717, 1.165) is 19.3 Å². The maximum absolute atomic E-state index is 9.36. The summed E-state index contributed by atoms with van der Waals surface area (Å²) < 4.78 is 0. The Balaban J connectivity index is 3.06. The molecule has 1 N–H and O–H groups in total. The molecule has 1 unspecified atom stereocenters. The molecule has 1 radical (unpaired) electrons. The molecular weight excluding hydrogens is 160 g/mol. The van der Waals surface area contributed by atoms with Crippen LogP contribution in [0.25, 0.3) is 0 Å². The summed E-state index contributed by atoms with van der Waals surface area (Å²) in [5.74, 6) is 0. The van der Waals surface area contributed by atoms with Crippen molar-refractivity contribution in [3.63, 3.8) is 0 Å². The van der Waals surface area contributed by atoms with Crippen LogP contribution in [0.2, 0.25) is 0 Å². The molecule has 0 aromatic heterocycles. The topological polar surface area (TPSA) is 20.2 Å². The first-order valence-electron chi connectivity index (χ1n) is 5.41. The average molecular weight is 183 g/mol. The maximum atomic E-state index is 9.36. The quantitative estimate of drug-likeness (QED) is 0.451. The van der Waals surface area contributed by atoms with E-state index in [9.17, 15) is 5.11 Å². The summed E-state index contributed by atoms with van der Waals surface area (Å²) in [5, 5.41) is 9.36. The van der Waals surface area contributed by atoms with Crippen LogP contribution in [0.3, 0.4) is 0 Å². The monoisotopic (exact) mass is 183 g/mol. The summed E-state index contributed by atoms with van der Waals surface area (Å²) in [6.45, 7) is 5.75. The van der Waals surface area contributed by atoms with Gasteiger partial charge in [0.1, 0.15) is 0 Å². The van der Waals surface area contributed by atoms with E-state index in [2.05, 4.69) is 6.92 Å². The molecule has 0 aliphatic heterocycles. The minimum Gasteiger partial charge on any atom is -0.389 e. The molecule has 77 valence electrons. The minimum atomic E-state index is -0.224. The highest BCUT2D eigenvalue weighted by Gasteiger charge is 1.97. The van der Waals surface area contributed by atoms with Gasteiger partial charge < -0.3 is 5.11 Å². The van der Waals surface area contributed by atoms with Gasteiger partial charge in [-0.25, -0.2) is 0 Å². The highest BCUT2D eigenvalue weighted by atomic mass is 16.3. The van der Waals surface area contributed by atoms with Crippen LogP contribution in [-0.2, 0) is 0 Å². The third-order valence-electron chi connectivity index (χ3n) is 2.16. The fourth-order valence-corrected chi connectivity index (χ4v) is 1.38. The van der Waals surface area contributed by atoms with E-state index in [4.69, 9.17) is 0 Å². The third kappa shape index (κ3) is 9.62. The molecule has 0 aromatic rings. The van der Waals surface area contributed by atoms with Crippen LogP contribution in [0.1, 0.15) is 51.9 Å². The molecule has 13 heavy (non-hydrogen) atoms. The number of rotatable bonds is 8. The molecule has 1 atom stereocenters. The van der Waals surface area contributed by atoms with Crippen molar-refractivity contribution in [1.29, 1.82) is 0 Å². The van der Waals surface area contributed by atoms with Crippen LogP contribution in [0, 0.1) is 6.92 Å². The Morgan fingerprint density at radius 2 is 1.77 bits per heavy atom. The largest absolute Gasteiger partial charge is 0.389 e. The van der Waals surface area contributed by atoms with Crippen molar-refractivity contribution in [3.05, 3.63) is 19.1 Å². The van der Waals surface area contributed by atoms with Crippen molar-refractivity contribution in [3.8, 4) is 0 Å². The summed E-state index contributed by atoms with van der Waals surface area (Å²) in [5.41, 5.74) is 0. The molecule has 0 rings (SSSR count). The lowest BCUT2D eigenvalue weighted by atomic mass is 10.1. The second kappa shape index (κ2) is 9.79. The third-order valence-corrected chi connectivity index (χ3v) is 2.16. The van der Waals surface area contributed by atoms with Gasteiger partial charge in [-0.1, -0.05) is 57.6 Å². The number of hydrogen-bond acceptors (Lipinski definition) is 1. The van der Waals surface area contributed by atoms with Gasteiger partial charge in [-0.2, -0.15) is 0 Å². The Labute approximate surface area is 82.9 Å². The molecule has 0 fully saturated rings. The zero-order valence-corrected chi connectivity index (χ0v) is 8.84. The van der Waals surface area contributed by atoms with E-state index in [0.29, 0.717) is 0 Å². The van der Waals surface area contributed by atoms with Crippen LogP contribution < -0.4 is 0 Å². The second-order valence-corrected chi connectivity index (χ2v) is 3.50. The zero-order chi connectivity index (χ0) is 9.94. The second-order valence-electron chi connectivity index (χ2n) is 3.50. The molecule has 0 aliphatic carbocycles. The van der Waals surface area contributed by atoms with E-state index in [1.165, 1.54) is 25.7 Å². The smallest absolute Gasteiger partial charge is 0.0720 e. The molecule has 0 heterocycles. The summed E-state index contributed by atoms with van der Waals surface area (Å²) in [6, 6.07) is 0. The predicted octanol–water partition coefficient (Wildman–Crippen LogP) is 3.49. The average Bonchev–Trinajstić information content (AvgIpc) is 2.11.